The van der Waals surface area contributed by atoms with Crippen LogP contribution in [0.4, 0.5) is 0 Å². The highest BCUT2D eigenvalue weighted by atomic mass is 79.9. The maximum absolute atomic E-state index is 6.43. The minimum Gasteiger partial charge on any atom is -0.319 e. The summed E-state index contributed by atoms with van der Waals surface area (Å²) < 4.78 is 4.04. The van der Waals surface area contributed by atoms with Crippen molar-refractivity contribution in [2.24, 2.45) is 5.73 Å². The van der Waals surface area contributed by atoms with E-state index >= 15 is 0 Å². The van der Waals surface area contributed by atoms with Crippen molar-refractivity contribution < 1.29 is 0 Å². The van der Waals surface area contributed by atoms with Crippen molar-refractivity contribution in [2.75, 3.05) is 0 Å². The van der Waals surface area contributed by atoms with E-state index in [4.69, 9.17) is 5.73 Å². The van der Waals surface area contributed by atoms with Crippen molar-refractivity contribution in [2.45, 2.75) is 25.9 Å². The lowest BCUT2D eigenvalue weighted by Gasteiger charge is -2.17. The minimum absolute atomic E-state index is 0.242. The molecule has 0 aliphatic rings. The van der Waals surface area contributed by atoms with Crippen LogP contribution in [0.25, 0.3) is 10.2 Å². The molecule has 1 atom stereocenters. The summed E-state index contributed by atoms with van der Waals surface area (Å²) in [5.41, 5.74) is 9.44. The van der Waals surface area contributed by atoms with Crippen LogP contribution in [0.15, 0.2) is 34.4 Å². The van der Waals surface area contributed by atoms with Crippen LogP contribution in [-0.4, -0.2) is 14.8 Å². The molecule has 0 fully saturated rings. The van der Waals surface area contributed by atoms with E-state index in [9.17, 15) is 0 Å². The number of aromatic nitrogens is 3. The number of hydrogen-bond donors (Lipinski definition) is 1. The van der Waals surface area contributed by atoms with E-state index in [1.165, 1.54) is 0 Å². The van der Waals surface area contributed by atoms with Crippen molar-refractivity contribution in [3.05, 3.63) is 45.6 Å². The van der Waals surface area contributed by atoms with E-state index in [1.54, 1.807) is 17.5 Å². The molecule has 20 heavy (non-hydrogen) atoms. The highest BCUT2D eigenvalue weighted by Crippen LogP contribution is 2.30. The molecule has 0 radical (unpaired) electrons. The SMILES string of the molecule is CC(C)n1ncc(Br)c1C(N)c1cnc2ccsc2c1. The van der Waals surface area contributed by atoms with Crippen molar-refractivity contribution in [3.63, 3.8) is 0 Å². The third kappa shape index (κ3) is 2.28. The number of rotatable bonds is 3. The molecule has 6 heteroatoms. The largest absolute Gasteiger partial charge is 0.319 e. The van der Waals surface area contributed by atoms with Crippen LogP contribution in [0.1, 0.15) is 37.2 Å². The van der Waals surface area contributed by atoms with Gasteiger partial charge in [0, 0.05) is 12.2 Å². The minimum atomic E-state index is -0.242. The lowest BCUT2D eigenvalue weighted by atomic mass is 10.1. The van der Waals surface area contributed by atoms with Crippen molar-refractivity contribution >= 4 is 37.5 Å². The molecular weight excluding hydrogens is 336 g/mol. The van der Waals surface area contributed by atoms with Gasteiger partial charge in [0.15, 0.2) is 0 Å². The van der Waals surface area contributed by atoms with E-state index < -0.39 is 0 Å². The van der Waals surface area contributed by atoms with Gasteiger partial charge in [-0.1, -0.05) is 0 Å². The van der Waals surface area contributed by atoms with Crippen molar-refractivity contribution in [1.82, 2.24) is 14.8 Å². The van der Waals surface area contributed by atoms with Gasteiger partial charge in [0.1, 0.15) is 0 Å². The first-order valence-corrected chi connectivity index (χ1v) is 8.07. The highest BCUT2D eigenvalue weighted by molar-refractivity contribution is 9.10. The predicted molar refractivity (Wildman–Crippen MR) is 86.0 cm³/mol. The van der Waals surface area contributed by atoms with Gasteiger partial charge in [-0.25, -0.2) is 0 Å². The molecule has 0 saturated heterocycles. The molecule has 3 aromatic rings. The second-order valence-corrected chi connectivity index (χ2v) is 6.77. The molecule has 0 bridgehead atoms. The van der Waals surface area contributed by atoms with Crippen LogP contribution < -0.4 is 5.73 Å². The van der Waals surface area contributed by atoms with E-state index in [-0.39, 0.29) is 12.1 Å². The van der Waals surface area contributed by atoms with Crippen molar-refractivity contribution in [1.29, 1.82) is 0 Å². The average molecular weight is 351 g/mol. The Balaban J connectivity index is 2.07. The van der Waals surface area contributed by atoms with Gasteiger partial charge in [0.25, 0.3) is 0 Å². The Morgan fingerprint density at radius 1 is 1.35 bits per heavy atom. The number of nitrogens with zero attached hydrogens (tertiary/aromatic N) is 3. The van der Waals surface area contributed by atoms with Gasteiger partial charge in [-0.05, 0) is 52.9 Å². The summed E-state index contributed by atoms with van der Waals surface area (Å²) in [7, 11) is 0. The fourth-order valence-electron chi connectivity index (χ4n) is 2.24. The summed E-state index contributed by atoms with van der Waals surface area (Å²) >= 11 is 5.22. The summed E-state index contributed by atoms with van der Waals surface area (Å²) in [5, 5.41) is 6.43. The van der Waals surface area contributed by atoms with Crippen LogP contribution in [0.3, 0.4) is 0 Å². The zero-order valence-electron chi connectivity index (χ0n) is 11.2. The molecule has 2 N–H and O–H groups in total. The molecule has 0 aliphatic heterocycles. The molecule has 0 saturated carbocycles. The first-order valence-electron chi connectivity index (χ1n) is 6.39. The monoisotopic (exact) mass is 350 g/mol. The summed E-state index contributed by atoms with van der Waals surface area (Å²) in [6.45, 7) is 4.19. The van der Waals surface area contributed by atoms with Gasteiger partial charge in [-0.2, -0.15) is 5.10 Å². The molecule has 104 valence electrons. The first-order chi connectivity index (χ1) is 9.58. The lowest BCUT2D eigenvalue weighted by molar-refractivity contribution is 0.498. The Kier molecular flexibility index (Phi) is 3.62. The number of thiophene rings is 1. The fourth-order valence-corrected chi connectivity index (χ4v) is 3.55. The Labute approximate surface area is 129 Å². The van der Waals surface area contributed by atoms with Crippen LogP contribution in [0.2, 0.25) is 0 Å². The van der Waals surface area contributed by atoms with E-state index in [1.807, 2.05) is 22.3 Å². The topological polar surface area (TPSA) is 56.7 Å². The third-order valence-corrected chi connectivity index (χ3v) is 4.72. The maximum atomic E-state index is 6.43. The second-order valence-electron chi connectivity index (χ2n) is 4.97. The van der Waals surface area contributed by atoms with Crippen LogP contribution in [0, 0.1) is 0 Å². The van der Waals surface area contributed by atoms with Gasteiger partial charge in [0.2, 0.25) is 0 Å². The molecular formula is C14H15BrN4S. The number of fused-ring (bicyclic) bond motifs is 1. The quantitative estimate of drug-likeness (QED) is 0.779. The number of pyridine rings is 1. The highest BCUT2D eigenvalue weighted by Gasteiger charge is 2.20. The average Bonchev–Trinajstić information content (AvgIpc) is 3.03. The number of hydrogen-bond acceptors (Lipinski definition) is 4. The first kappa shape index (κ1) is 13.7. The van der Waals surface area contributed by atoms with Gasteiger partial charge in [-0.15, -0.1) is 11.3 Å². The lowest BCUT2D eigenvalue weighted by Crippen LogP contribution is -2.19. The summed E-state index contributed by atoms with van der Waals surface area (Å²) in [6, 6.07) is 4.15. The third-order valence-electron chi connectivity index (χ3n) is 3.25. The number of halogens is 1. The summed E-state index contributed by atoms with van der Waals surface area (Å²) in [5.74, 6) is 0. The molecule has 1 unspecified atom stereocenters. The smallest absolute Gasteiger partial charge is 0.0809 e. The van der Waals surface area contributed by atoms with Gasteiger partial charge >= 0.3 is 0 Å². The van der Waals surface area contributed by atoms with Gasteiger partial charge < -0.3 is 5.73 Å². The molecule has 0 aromatic carbocycles. The predicted octanol–water partition coefficient (Wildman–Crippen LogP) is 3.88. The summed E-state index contributed by atoms with van der Waals surface area (Å²) in [4.78, 5) is 4.46. The van der Waals surface area contributed by atoms with E-state index in [2.05, 4.69) is 45.9 Å². The van der Waals surface area contributed by atoms with E-state index in [0.29, 0.717) is 0 Å². The molecule has 0 spiro atoms. The van der Waals surface area contributed by atoms with Crippen molar-refractivity contribution in [3.8, 4) is 0 Å². The second kappa shape index (κ2) is 5.27. The molecule has 4 nitrogen and oxygen atoms in total. The molecule has 3 heterocycles. The maximum Gasteiger partial charge on any atom is 0.0809 e. The number of nitrogens with two attached hydrogens (primary N) is 1. The Hall–Kier alpha value is -1.24. The molecule has 3 rings (SSSR count). The normalized spacial score (nSPS) is 13.2. The van der Waals surface area contributed by atoms with E-state index in [0.717, 1.165) is 25.9 Å². The Bertz CT molecular complexity index is 747. The molecule has 0 aliphatic carbocycles. The Morgan fingerprint density at radius 3 is 2.90 bits per heavy atom. The zero-order valence-corrected chi connectivity index (χ0v) is 13.6. The molecule has 3 aromatic heterocycles. The van der Waals surface area contributed by atoms with Gasteiger partial charge in [-0.3, -0.25) is 9.67 Å². The summed E-state index contributed by atoms with van der Waals surface area (Å²) in [6.07, 6.45) is 3.65. The standard InChI is InChI=1S/C14H15BrN4S/c1-8(2)19-14(10(15)7-18-19)13(16)9-5-12-11(17-6-9)3-4-20-12/h3-8,13H,16H2,1-2H3. The van der Waals surface area contributed by atoms with Gasteiger partial charge in [0.05, 0.1) is 32.6 Å². The fraction of sp³-hybridized carbons (Fsp3) is 0.286. The van der Waals surface area contributed by atoms with Crippen LogP contribution >= 0.6 is 27.3 Å². The van der Waals surface area contributed by atoms with Crippen LogP contribution in [-0.2, 0) is 0 Å². The van der Waals surface area contributed by atoms with Crippen LogP contribution in [0.5, 0.6) is 0 Å². The zero-order chi connectivity index (χ0) is 14.3. The molecule has 0 amide bonds. The Morgan fingerprint density at radius 2 is 2.15 bits per heavy atom.